The van der Waals surface area contributed by atoms with Gasteiger partial charge in [-0.3, -0.25) is 9.59 Å². The van der Waals surface area contributed by atoms with Crippen LogP contribution in [-0.4, -0.2) is 42.5 Å². The molecule has 1 saturated heterocycles. The van der Waals surface area contributed by atoms with Crippen LogP contribution in [0.3, 0.4) is 0 Å². The standard InChI is InChI=1S/C22H23NO5/c1-4-12-23-19(14-8-7-9-15(13-14)27-2)18(21(25)22(23)26)20(24)16-10-5-6-11-17(16)28-3/h5-11,13,19,24H,4,12H2,1-3H3/b20-18-. The molecule has 2 aromatic carbocycles. The van der Waals surface area contributed by atoms with Crippen molar-refractivity contribution < 1.29 is 24.2 Å². The molecule has 1 atom stereocenters. The molecule has 0 saturated carbocycles. The predicted molar refractivity (Wildman–Crippen MR) is 105 cm³/mol. The van der Waals surface area contributed by atoms with E-state index in [1.165, 1.54) is 12.0 Å². The highest BCUT2D eigenvalue weighted by atomic mass is 16.5. The van der Waals surface area contributed by atoms with E-state index in [-0.39, 0.29) is 11.3 Å². The van der Waals surface area contributed by atoms with Crippen LogP contribution >= 0.6 is 0 Å². The van der Waals surface area contributed by atoms with Crippen molar-refractivity contribution in [1.82, 2.24) is 4.90 Å². The first kappa shape index (κ1) is 19.5. The first-order valence-corrected chi connectivity index (χ1v) is 9.09. The topological polar surface area (TPSA) is 76.1 Å². The van der Waals surface area contributed by atoms with Gasteiger partial charge in [0.2, 0.25) is 0 Å². The second kappa shape index (κ2) is 8.17. The van der Waals surface area contributed by atoms with Crippen LogP contribution in [0.5, 0.6) is 11.5 Å². The third kappa shape index (κ3) is 3.33. The minimum atomic E-state index is -0.704. The molecule has 1 fully saturated rings. The van der Waals surface area contributed by atoms with Gasteiger partial charge in [0.25, 0.3) is 11.7 Å². The Hall–Kier alpha value is -3.28. The van der Waals surface area contributed by atoms with Gasteiger partial charge < -0.3 is 19.5 Å². The molecule has 1 N–H and O–H groups in total. The van der Waals surface area contributed by atoms with Crippen molar-refractivity contribution in [2.24, 2.45) is 0 Å². The van der Waals surface area contributed by atoms with Crippen molar-refractivity contribution in [3.63, 3.8) is 0 Å². The zero-order valence-electron chi connectivity index (χ0n) is 16.1. The summed E-state index contributed by atoms with van der Waals surface area (Å²) >= 11 is 0. The molecule has 1 aliphatic rings. The van der Waals surface area contributed by atoms with Crippen molar-refractivity contribution in [2.45, 2.75) is 19.4 Å². The number of amides is 1. The minimum absolute atomic E-state index is 0.0520. The third-order valence-corrected chi connectivity index (χ3v) is 4.78. The number of hydrogen-bond acceptors (Lipinski definition) is 5. The van der Waals surface area contributed by atoms with E-state index in [9.17, 15) is 14.7 Å². The summed E-state index contributed by atoms with van der Waals surface area (Å²) in [6.45, 7) is 2.33. The van der Waals surface area contributed by atoms with Gasteiger partial charge in [0.1, 0.15) is 17.3 Å². The molecule has 2 aromatic rings. The van der Waals surface area contributed by atoms with E-state index in [4.69, 9.17) is 9.47 Å². The van der Waals surface area contributed by atoms with E-state index < -0.39 is 17.7 Å². The summed E-state index contributed by atoms with van der Waals surface area (Å²) in [5.41, 5.74) is 1.12. The molecule has 0 bridgehead atoms. The van der Waals surface area contributed by atoms with Crippen LogP contribution in [0.2, 0.25) is 0 Å². The van der Waals surface area contributed by atoms with Gasteiger partial charge in [-0.1, -0.05) is 31.2 Å². The lowest BCUT2D eigenvalue weighted by molar-refractivity contribution is -0.139. The number of carbonyl (C=O) groups is 2. The summed E-state index contributed by atoms with van der Waals surface area (Å²) in [4.78, 5) is 27.1. The van der Waals surface area contributed by atoms with Crippen LogP contribution < -0.4 is 9.47 Å². The number of rotatable bonds is 6. The SMILES string of the molecule is CCCN1C(=O)C(=O)/C(=C(\O)c2ccccc2OC)C1c1cccc(OC)c1. The molecule has 0 aromatic heterocycles. The minimum Gasteiger partial charge on any atom is -0.507 e. The number of benzene rings is 2. The summed E-state index contributed by atoms with van der Waals surface area (Å²) in [5.74, 6) is -0.541. The van der Waals surface area contributed by atoms with Crippen molar-refractivity contribution >= 4 is 17.4 Å². The Balaban J connectivity index is 2.23. The first-order valence-electron chi connectivity index (χ1n) is 9.09. The number of aliphatic hydroxyl groups is 1. The molecule has 1 heterocycles. The van der Waals surface area contributed by atoms with E-state index in [1.54, 1.807) is 49.6 Å². The molecule has 1 amide bonds. The Morgan fingerprint density at radius 3 is 2.50 bits per heavy atom. The van der Waals surface area contributed by atoms with Gasteiger partial charge in [-0.2, -0.15) is 0 Å². The summed E-state index contributed by atoms with van der Waals surface area (Å²) in [7, 11) is 3.04. The Morgan fingerprint density at radius 1 is 1.07 bits per heavy atom. The molecular formula is C22H23NO5. The second-order valence-corrected chi connectivity index (χ2v) is 6.47. The second-order valence-electron chi connectivity index (χ2n) is 6.47. The zero-order valence-corrected chi connectivity index (χ0v) is 16.1. The van der Waals surface area contributed by atoms with Crippen LogP contribution in [0.4, 0.5) is 0 Å². The van der Waals surface area contributed by atoms with E-state index in [0.29, 0.717) is 35.6 Å². The Labute approximate surface area is 164 Å². The number of ether oxygens (including phenoxy) is 2. The average molecular weight is 381 g/mol. The Kier molecular flexibility index (Phi) is 5.68. The zero-order chi connectivity index (χ0) is 20.3. The van der Waals surface area contributed by atoms with Gasteiger partial charge in [-0.25, -0.2) is 0 Å². The number of methoxy groups -OCH3 is 2. The molecular weight excluding hydrogens is 358 g/mol. The van der Waals surface area contributed by atoms with Crippen LogP contribution in [-0.2, 0) is 9.59 Å². The summed E-state index contributed by atoms with van der Waals surface area (Å²) < 4.78 is 10.6. The number of para-hydroxylation sites is 1. The van der Waals surface area contributed by atoms with Gasteiger partial charge in [-0.15, -0.1) is 0 Å². The van der Waals surface area contributed by atoms with E-state index in [0.717, 1.165) is 0 Å². The van der Waals surface area contributed by atoms with Crippen LogP contribution in [0.1, 0.15) is 30.5 Å². The van der Waals surface area contributed by atoms with E-state index in [2.05, 4.69) is 0 Å². The highest BCUT2D eigenvalue weighted by Gasteiger charge is 2.46. The largest absolute Gasteiger partial charge is 0.507 e. The smallest absolute Gasteiger partial charge is 0.295 e. The lowest BCUT2D eigenvalue weighted by Gasteiger charge is -2.25. The fraction of sp³-hybridized carbons (Fsp3) is 0.273. The van der Waals surface area contributed by atoms with Crippen molar-refractivity contribution in [3.05, 3.63) is 65.2 Å². The normalized spacial score (nSPS) is 18.4. The highest BCUT2D eigenvalue weighted by Crippen LogP contribution is 2.41. The maximum Gasteiger partial charge on any atom is 0.295 e. The van der Waals surface area contributed by atoms with Crippen molar-refractivity contribution in [1.29, 1.82) is 0 Å². The summed E-state index contributed by atoms with van der Waals surface area (Å²) in [5, 5.41) is 11.0. The average Bonchev–Trinajstić information content (AvgIpc) is 2.98. The number of carbonyl (C=O) groups excluding carboxylic acids is 2. The van der Waals surface area contributed by atoms with E-state index in [1.807, 2.05) is 13.0 Å². The summed E-state index contributed by atoms with van der Waals surface area (Å²) in [6, 6.07) is 13.3. The predicted octanol–water partition coefficient (Wildman–Crippen LogP) is 3.54. The first-order chi connectivity index (χ1) is 13.5. The summed E-state index contributed by atoms with van der Waals surface area (Å²) in [6.07, 6.45) is 0.683. The molecule has 28 heavy (non-hydrogen) atoms. The lowest BCUT2D eigenvalue weighted by Crippen LogP contribution is -2.30. The molecule has 146 valence electrons. The van der Waals surface area contributed by atoms with Gasteiger partial charge in [-0.05, 0) is 36.2 Å². The number of hydrogen-bond donors (Lipinski definition) is 1. The van der Waals surface area contributed by atoms with Crippen molar-refractivity contribution in [2.75, 3.05) is 20.8 Å². The highest BCUT2D eigenvalue weighted by molar-refractivity contribution is 6.46. The van der Waals surface area contributed by atoms with E-state index >= 15 is 0 Å². The van der Waals surface area contributed by atoms with Crippen LogP contribution in [0, 0.1) is 0 Å². The van der Waals surface area contributed by atoms with Crippen molar-refractivity contribution in [3.8, 4) is 11.5 Å². The molecule has 6 nitrogen and oxygen atoms in total. The molecule has 1 aliphatic heterocycles. The third-order valence-electron chi connectivity index (χ3n) is 4.78. The van der Waals surface area contributed by atoms with Gasteiger partial charge in [0.15, 0.2) is 0 Å². The Morgan fingerprint density at radius 2 is 1.82 bits per heavy atom. The van der Waals surface area contributed by atoms with Gasteiger partial charge in [0.05, 0.1) is 31.4 Å². The van der Waals surface area contributed by atoms with Crippen LogP contribution in [0.25, 0.3) is 5.76 Å². The maximum absolute atomic E-state index is 12.9. The molecule has 0 radical (unpaired) electrons. The fourth-order valence-electron chi connectivity index (χ4n) is 3.50. The van der Waals surface area contributed by atoms with Crippen LogP contribution in [0.15, 0.2) is 54.1 Å². The number of nitrogens with zero attached hydrogens (tertiary/aromatic N) is 1. The molecule has 1 unspecified atom stereocenters. The quantitative estimate of drug-likeness (QED) is 0.471. The maximum atomic E-state index is 12.9. The van der Waals surface area contributed by atoms with Gasteiger partial charge in [0, 0.05) is 6.54 Å². The number of aliphatic hydroxyl groups excluding tert-OH is 1. The monoisotopic (exact) mass is 381 g/mol. The lowest BCUT2D eigenvalue weighted by atomic mass is 9.95. The fourth-order valence-corrected chi connectivity index (χ4v) is 3.50. The van der Waals surface area contributed by atoms with Gasteiger partial charge >= 0.3 is 0 Å². The molecule has 0 spiro atoms. The number of likely N-dealkylation sites (tertiary alicyclic amines) is 1. The molecule has 3 rings (SSSR count). The molecule has 6 heteroatoms. The number of ketones is 1. The Bertz CT molecular complexity index is 934. The molecule has 0 aliphatic carbocycles. The number of Topliss-reactive ketones (excluding diaryl/α,β-unsaturated/α-hetero) is 1.